The van der Waals surface area contributed by atoms with Gasteiger partial charge in [0.2, 0.25) is 0 Å². The third-order valence-electron chi connectivity index (χ3n) is 3.14. The Morgan fingerprint density at radius 3 is 2.94 bits per heavy atom. The van der Waals surface area contributed by atoms with Gasteiger partial charge in [-0.1, -0.05) is 20.8 Å². The van der Waals surface area contributed by atoms with Gasteiger partial charge in [-0.15, -0.1) is 0 Å². The number of rotatable bonds is 8. The lowest BCUT2D eigenvalue weighted by Gasteiger charge is -2.24. The predicted molar refractivity (Wildman–Crippen MR) is 72.8 cm³/mol. The summed E-state index contributed by atoms with van der Waals surface area (Å²) in [5, 5.41) is 7.82. The molecule has 0 aliphatic heterocycles. The van der Waals surface area contributed by atoms with Crippen molar-refractivity contribution in [2.75, 3.05) is 13.2 Å². The molecule has 0 atom stereocenters. The van der Waals surface area contributed by atoms with Gasteiger partial charge >= 0.3 is 0 Å². The van der Waals surface area contributed by atoms with Crippen molar-refractivity contribution in [1.82, 2.24) is 15.1 Å². The first-order chi connectivity index (χ1) is 8.59. The highest BCUT2D eigenvalue weighted by molar-refractivity contribution is 5.11. The summed E-state index contributed by atoms with van der Waals surface area (Å²) in [6.07, 6.45) is 7.55. The predicted octanol–water partition coefficient (Wildman–Crippen LogP) is 2.45. The van der Waals surface area contributed by atoms with E-state index >= 15 is 0 Å². The largest absolute Gasteiger partial charge is 0.490 e. The number of aromatic nitrogens is 2. The van der Waals surface area contributed by atoms with E-state index in [2.05, 4.69) is 31.2 Å². The fourth-order valence-electron chi connectivity index (χ4n) is 1.81. The molecule has 0 amide bonds. The van der Waals surface area contributed by atoms with Gasteiger partial charge in [0.1, 0.15) is 0 Å². The molecule has 102 valence electrons. The SMILES string of the molecule is CCCn1cc(OCC(C)(C)CNC2CC2)cn1. The Labute approximate surface area is 110 Å². The lowest BCUT2D eigenvalue weighted by molar-refractivity contribution is 0.176. The molecule has 18 heavy (non-hydrogen) atoms. The second kappa shape index (κ2) is 5.74. The monoisotopic (exact) mass is 251 g/mol. The van der Waals surface area contributed by atoms with Crippen LogP contribution >= 0.6 is 0 Å². The third kappa shape index (κ3) is 4.33. The first-order valence-electron chi connectivity index (χ1n) is 6.98. The Hall–Kier alpha value is -1.03. The molecule has 4 nitrogen and oxygen atoms in total. The molecule has 4 heteroatoms. The van der Waals surface area contributed by atoms with Crippen LogP contribution in [-0.2, 0) is 6.54 Å². The summed E-state index contributed by atoms with van der Waals surface area (Å²) in [5.74, 6) is 0.878. The Kier molecular flexibility index (Phi) is 4.27. The minimum absolute atomic E-state index is 0.162. The van der Waals surface area contributed by atoms with Crippen LogP contribution in [0.2, 0.25) is 0 Å². The van der Waals surface area contributed by atoms with Crippen molar-refractivity contribution >= 4 is 0 Å². The topological polar surface area (TPSA) is 39.1 Å². The molecule has 1 saturated carbocycles. The summed E-state index contributed by atoms with van der Waals surface area (Å²) < 4.78 is 7.76. The molecule has 0 radical (unpaired) electrons. The zero-order valence-electron chi connectivity index (χ0n) is 11.8. The van der Waals surface area contributed by atoms with E-state index in [0.29, 0.717) is 0 Å². The molecule has 1 fully saturated rings. The summed E-state index contributed by atoms with van der Waals surface area (Å²) >= 11 is 0. The van der Waals surface area contributed by atoms with Gasteiger partial charge in [0.15, 0.2) is 5.75 Å². The van der Waals surface area contributed by atoms with Crippen molar-refractivity contribution in [3.63, 3.8) is 0 Å². The minimum atomic E-state index is 0.162. The van der Waals surface area contributed by atoms with E-state index in [1.54, 1.807) is 6.20 Å². The number of nitrogens with zero attached hydrogens (tertiary/aromatic N) is 2. The Morgan fingerprint density at radius 2 is 2.28 bits per heavy atom. The number of ether oxygens (including phenoxy) is 1. The molecule has 0 aromatic carbocycles. The second-order valence-corrected chi connectivity index (χ2v) is 6.05. The lowest BCUT2D eigenvalue weighted by atomic mass is 9.95. The normalized spacial score (nSPS) is 15.9. The first kappa shape index (κ1) is 13.4. The van der Waals surface area contributed by atoms with Gasteiger partial charge in [-0.2, -0.15) is 5.10 Å². The zero-order chi connectivity index (χ0) is 13.0. The minimum Gasteiger partial charge on any atom is -0.490 e. The Balaban J connectivity index is 1.73. The first-order valence-corrected chi connectivity index (χ1v) is 6.98. The van der Waals surface area contributed by atoms with E-state index in [-0.39, 0.29) is 5.41 Å². The number of hydrogen-bond acceptors (Lipinski definition) is 3. The Morgan fingerprint density at radius 1 is 1.50 bits per heavy atom. The van der Waals surface area contributed by atoms with Gasteiger partial charge in [0.25, 0.3) is 0 Å². The van der Waals surface area contributed by atoms with E-state index in [9.17, 15) is 0 Å². The lowest BCUT2D eigenvalue weighted by Crippen LogP contribution is -2.35. The molecular formula is C14H25N3O. The smallest absolute Gasteiger partial charge is 0.157 e. The van der Waals surface area contributed by atoms with Gasteiger partial charge in [0.05, 0.1) is 19.0 Å². The van der Waals surface area contributed by atoms with Crippen LogP contribution in [0.3, 0.4) is 0 Å². The van der Waals surface area contributed by atoms with E-state index in [1.807, 2.05) is 10.9 Å². The fraction of sp³-hybridized carbons (Fsp3) is 0.786. The molecule has 2 rings (SSSR count). The molecule has 1 aromatic heterocycles. The molecule has 1 heterocycles. The van der Waals surface area contributed by atoms with Crippen LogP contribution in [-0.4, -0.2) is 29.0 Å². The van der Waals surface area contributed by atoms with Crippen LogP contribution in [0, 0.1) is 5.41 Å². The van der Waals surface area contributed by atoms with Gasteiger partial charge in [-0.25, -0.2) is 0 Å². The van der Waals surface area contributed by atoms with Gasteiger partial charge in [-0.3, -0.25) is 4.68 Å². The molecule has 0 bridgehead atoms. The van der Waals surface area contributed by atoms with E-state index in [0.717, 1.165) is 37.9 Å². The van der Waals surface area contributed by atoms with E-state index in [1.165, 1.54) is 12.8 Å². The van der Waals surface area contributed by atoms with Crippen LogP contribution in [0.25, 0.3) is 0 Å². The molecule has 1 aliphatic carbocycles. The molecule has 0 spiro atoms. The summed E-state index contributed by atoms with van der Waals surface area (Å²) in [5.41, 5.74) is 0.162. The molecule has 0 unspecified atom stereocenters. The third-order valence-corrected chi connectivity index (χ3v) is 3.14. The van der Waals surface area contributed by atoms with Crippen LogP contribution in [0.1, 0.15) is 40.0 Å². The van der Waals surface area contributed by atoms with Crippen LogP contribution in [0.4, 0.5) is 0 Å². The quantitative estimate of drug-likeness (QED) is 0.771. The molecule has 1 aromatic rings. The average molecular weight is 251 g/mol. The molecule has 1 N–H and O–H groups in total. The summed E-state index contributed by atoms with van der Waals surface area (Å²) in [7, 11) is 0. The maximum absolute atomic E-state index is 5.83. The highest BCUT2D eigenvalue weighted by Crippen LogP contribution is 2.22. The summed E-state index contributed by atoms with van der Waals surface area (Å²) in [6, 6.07) is 0.761. The van der Waals surface area contributed by atoms with Crippen LogP contribution in [0.15, 0.2) is 12.4 Å². The highest BCUT2D eigenvalue weighted by atomic mass is 16.5. The number of aryl methyl sites for hydroxylation is 1. The van der Waals surface area contributed by atoms with Gasteiger partial charge in [0, 0.05) is 24.5 Å². The van der Waals surface area contributed by atoms with E-state index < -0.39 is 0 Å². The van der Waals surface area contributed by atoms with Crippen molar-refractivity contribution in [3.05, 3.63) is 12.4 Å². The number of hydrogen-bond donors (Lipinski definition) is 1. The van der Waals surface area contributed by atoms with Crippen molar-refractivity contribution in [1.29, 1.82) is 0 Å². The van der Waals surface area contributed by atoms with E-state index in [4.69, 9.17) is 4.74 Å². The van der Waals surface area contributed by atoms with Crippen LogP contribution in [0.5, 0.6) is 5.75 Å². The molecule has 1 aliphatic rings. The van der Waals surface area contributed by atoms with Crippen molar-refractivity contribution in [2.45, 2.75) is 52.6 Å². The summed E-state index contributed by atoms with van der Waals surface area (Å²) in [6.45, 7) is 9.31. The highest BCUT2D eigenvalue weighted by Gasteiger charge is 2.25. The maximum atomic E-state index is 5.83. The Bertz CT molecular complexity index is 369. The van der Waals surface area contributed by atoms with Crippen LogP contribution < -0.4 is 10.1 Å². The molecule has 0 saturated heterocycles. The number of nitrogens with one attached hydrogen (secondary N) is 1. The average Bonchev–Trinajstić information content (AvgIpc) is 3.05. The molecular weight excluding hydrogens is 226 g/mol. The standard InChI is InChI=1S/C14H25N3O/c1-4-7-17-9-13(8-16-17)18-11-14(2,3)10-15-12-5-6-12/h8-9,12,15H,4-7,10-11H2,1-3H3. The van der Waals surface area contributed by atoms with Gasteiger partial charge < -0.3 is 10.1 Å². The van der Waals surface area contributed by atoms with Crippen molar-refractivity contribution in [2.24, 2.45) is 5.41 Å². The maximum Gasteiger partial charge on any atom is 0.157 e. The van der Waals surface area contributed by atoms with Crippen molar-refractivity contribution in [3.8, 4) is 5.75 Å². The second-order valence-electron chi connectivity index (χ2n) is 6.05. The summed E-state index contributed by atoms with van der Waals surface area (Å²) in [4.78, 5) is 0. The fourth-order valence-corrected chi connectivity index (χ4v) is 1.81. The van der Waals surface area contributed by atoms with Gasteiger partial charge in [-0.05, 0) is 19.3 Å². The zero-order valence-corrected chi connectivity index (χ0v) is 11.8. The van der Waals surface area contributed by atoms with Crippen molar-refractivity contribution < 1.29 is 4.74 Å².